The number of carbonyl (C=O) groups is 1. The van der Waals surface area contributed by atoms with E-state index in [2.05, 4.69) is 0 Å². The van der Waals surface area contributed by atoms with E-state index in [1.54, 1.807) is 48.5 Å². The highest BCUT2D eigenvalue weighted by Crippen LogP contribution is 2.22. The molecule has 27 heavy (non-hydrogen) atoms. The molecule has 0 atom stereocenters. The topological polar surface area (TPSA) is 87.0 Å². The van der Waals surface area contributed by atoms with Crippen molar-refractivity contribution in [3.05, 3.63) is 89.0 Å². The van der Waals surface area contributed by atoms with Gasteiger partial charge in [0.1, 0.15) is 23.9 Å². The molecular weight excluding hydrogens is 344 g/mol. The Labute approximate surface area is 156 Å². The van der Waals surface area contributed by atoms with E-state index >= 15 is 0 Å². The van der Waals surface area contributed by atoms with Crippen LogP contribution in [0.25, 0.3) is 12.2 Å². The molecule has 0 saturated heterocycles. The van der Waals surface area contributed by atoms with Gasteiger partial charge in [0.05, 0.1) is 5.56 Å². The Bertz CT molecular complexity index is 954. The minimum Gasteiger partial charge on any atom is -0.508 e. The molecule has 1 aliphatic rings. The van der Waals surface area contributed by atoms with Crippen LogP contribution in [0.2, 0.25) is 0 Å². The summed E-state index contributed by atoms with van der Waals surface area (Å²) in [5, 5.41) is 27.7. The van der Waals surface area contributed by atoms with Gasteiger partial charge in [-0.2, -0.15) is 0 Å². The summed E-state index contributed by atoms with van der Waals surface area (Å²) in [6, 6.07) is 18.5. The monoisotopic (exact) mass is 362 g/mol. The number of benzene rings is 3. The number of aromatic hydroxyl groups is 3. The van der Waals surface area contributed by atoms with E-state index < -0.39 is 0 Å². The maximum absolute atomic E-state index is 10.8. The maximum atomic E-state index is 10.8. The van der Waals surface area contributed by atoms with Crippen molar-refractivity contribution in [3.8, 4) is 17.2 Å². The van der Waals surface area contributed by atoms with Crippen molar-refractivity contribution in [1.29, 1.82) is 0 Å². The lowest BCUT2D eigenvalue weighted by Crippen LogP contribution is -1.91. The van der Waals surface area contributed by atoms with Gasteiger partial charge in [-0.15, -0.1) is 0 Å². The Morgan fingerprint density at radius 2 is 1.37 bits per heavy atom. The van der Waals surface area contributed by atoms with E-state index in [1.807, 2.05) is 24.3 Å². The van der Waals surface area contributed by atoms with Gasteiger partial charge in [0.15, 0.2) is 0 Å². The molecule has 0 fully saturated rings. The van der Waals surface area contributed by atoms with Gasteiger partial charge in [0, 0.05) is 11.6 Å². The Kier molecular flexibility index (Phi) is 5.42. The number of phenolic OH excluding ortho intramolecular Hbond substituents is 3. The molecular formula is C22H18O5. The number of hydrogen-bond donors (Lipinski definition) is 3. The molecule has 1 heterocycles. The number of ether oxygens (including phenoxy) is 1. The molecule has 0 bridgehead atoms. The van der Waals surface area contributed by atoms with Crippen molar-refractivity contribution in [2.75, 3.05) is 0 Å². The van der Waals surface area contributed by atoms with Crippen molar-refractivity contribution < 1.29 is 24.9 Å². The second-order valence-electron chi connectivity index (χ2n) is 5.94. The average molecular weight is 362 g/mol. The molecule has 136 valence electrons. The Balaban J connectivity index is 0.000000177. The fourth-order valence-electron chi connectivity index (χ4n) is 2.56. The number of hydrogen-bond acceptors (Lipinski definition) is 5. The minimum absolute atomic E-state index is 0.0235. The maximum Gasteiger partial charge on any atom is 0.338 e. The molecule has 0 saturated carbocycles. The van der Waals surface area contributed by atoms with Crippen molar-refractivity contribution in [2.24, 2.45) is 0 Å². The third-order valence-electron chi connectivity index (χ3n) is 3.88. The highest BCUT2D eigenvalue weighted by molar-refractivity contribution is 5.93. The molecule has 0 aliphatic carbocycles. The molecule has 0 radical (unpaired) electrons. The molecule has 4 rings (SSSR count). The van der Waals surface area contributed by atoms with Crippen LogP contribution in [-0.2, 0) is 11.3 Å². The summed E-state index contributed by atoms with van der Waals surface area (Å²) in [5.41, 5.74) is 3.33. The zero-order chi connectivity index (χ0) is 19.2. The summed E-state index contributed by atoms with van der Waals surface area (Å²) >= 11 is 0. The number of carbonyl (C=O) groups excluding carboxylic acids is 1. The first-order chi connectivity index (χ1) is 13.0. The van der Waals surface area contributed by atoms with Gasteiger partial charge >= 0.3 is 5.97 Å². The van der Waals surface area contributed by atoms with E-state index in [1.165, 1.54) is 6.07 Å². The van der Waals surface area contributed by atoms with E-state index in [4.69, 9.17) is 9.84 Å². The number of cyclic esters (lactones) is 1. The Morgan fingerprint density at radius 1 is 0.741 bits per heavy atom. The molecule has 0 spiro atoms. The van der Waals surface area contributed by atoms with Gasteiger partial charge in [0.2, 0.25) is 0 Å². The van der Waals surface area contributed by atoms with Gasteiger partial charge in [-0.3, -0.25) is 0 Å². The van der Waals surface area contributed by atoms with Gasteiger partial charge in [0.25, 0.3) is 0 Å². The number of rotatable bonds is 2. The molecule has 5 heteroatoms. The molecule has 3 N–H and O–H groups in total. The number of esters is 1. The summed E-state index contributed by atoms with van der Waals surface area (Å²) in [6.07, 6.45) is 3.60. The van der Waals surface area contributed by atoms with E-state index in [-0.39, 0.29) is 23.2 Å². The quantitative estimate of drug-likeness (QED) is 0.466. The van der Waals surface area contributed by atoms with Gasteiger partial charge in [-0.05, 0) is 41.5 Å². The van der Waals surface area contributed by atoms with Crippen molar-refractivity contribution in [2.45, 2.75) is 6.61 Å². The first kappa shape index (κ1) is 18.1. The van der Waals surface area contributed by atoms with Crippen LogP contribution in [-0.4, -0.2) is 21.3 Å². The smallest absolute Gasteiger partial charge is 0.338 e. The third-order valence-corrected chi connectivity index (χ3v) is 3.88. The van der Waals surface area contributed by atoms with Crippen LogP contribution in [0, 0.1) is 0 Å². The molecule has 3 aromatic rings. The van der Waals surface area contributed by atoms with Gasteiger partial charge in [-0.1, -0.05) is 42.5 Å². The van der Waals surface area contributed by atoms with Gasteiger partial charge in [-0.25, -0.2) is 4.79 Å². The number of fused-ring (bicyclic) bond motifs is 1. The molecule has 1 aliphatic heterocycles. The lowest BCUT2D eigenvalue weighted by Gasteiger charge is -1.98. The molecule has 5 nitrogen and oxygen atoms in total. The second-order valence-corrected chi connectivity index (χ2v) is 5.94. The SMILES string of the molecule is O=C1OCc2ccccc21.Oc1ccc(C=Cc2cc(O)cc(O)c2)cc1. The summed E-state index contributed by atoms with van der Waals surface area (Å²) in [7, 11) is 0. The first-order valence-corrected chi connectivity index (χ1v) is 8.26. The predicted molar refractivity (Wildman–Crippen MR) is 102 cm³/mol. The fraction of sp³-hybridized carbons (Fsp3) is 0.0455. The first-order valence-electron chi connectivity index (χ1n) is 8.26. The zero-order valence-electron chi connectivity index (χ0n) is 14.4. The normalized spacial score (nSPS) is 12.2. The highest BCUT2D eigenvalue weighted by Gasteiger charge is 2.18. The van der Waals surface area contributed by atoms with Gasteiger partial charge < -0.3 is 20.1 Å². The molecule has 0 aromatic heterocycles. The zero-order valence-corrected chi connectivity index (χ0v) is 14.4. The Morgan fingerprint density at radius 3 is 2.04 bits per heavy atom. The number of phenols is 3. The standard InChI is InChI=1S/C14H12O3.C8H6O2/c15-12-5-3-10(4-6-12)1-2-11-7-13(16)9-14(17)8-11;9-8-7-4-2-1-3-6(7)5-10-8/h1-9,15-17H;1-4H,5H2. The lowest BCUT2D eigenvalue weighted by molar-refractivity contribution is 0.0535. The molecule has 0 unspecified atom stereocenters. The summed E-state index contributed by atoms with van der Waals surface area (Å²) in [5.74, 6) is 0.0680. The minimum atomic E-state index is -0.199. The molecule has 0 amide bonds. The van der Waals surface area contributed by atoms with E-state index in [0.717, 1.165) is 11.1 Å². The van der Waals surface area contributed by atoms with Crippen LogP contribution in [0.4, 0.5) is 0 Å². The summed E-state index contributed by atoms with van der Waals surface area (Å²) in [4.78, 5) is 10.8. The Hall–Kier alpha value is -3.73. The average Bonchev–Trinajstić information content (AvgIpc) is 3.03. The molecule has 3 aromatic carbocycles. The second kappa shape index (κ2) is 8.10. The fourth-order valence-corrected chi connectivity index (χ4v) is 2.56. The van der Waals surface area contributed by atoms with Crippen LogP contribution in [0.1, 0.15) is 27.0 Å². The third kappa shape index (κ3) is 4.89. The van der Waals surface area contributed by atoms with E-state index in [0.29, 0.717) is 17.7 Å². The van der Waals surface area contributed by atoms with Crippen LogP contribution in [0.3, 0.4) is 0 Å². The van der Waals surface area contributed by atoms with E-state index in [9.17, 15) is 15.0 Å². The predicted octanol–water partition coefficient (Wildman–Crippen LogP) is 4.33. The summed E-state index contributed by atoms with van der Waals surface area (Å²) in [6.45, 7) is 0.439. The van der Waals surface area contributed by atoms with Crippen LogP contribution in [0.5, 0.6) is 17.2 Å². The van der Waals surface area contributed by atoms with Crippen LogP contribution >= 0.6 is 0 Å². The van der Waals surface area contributed by atoms with Crippen molar-refractivity contribution >= 4 is 18.1 Å². The van der Waals surface area contributed by atoms with Crippen LogP contribution in [0.15, 0.2) is 66.7 Å². The lowest BCUT2D eigenvalue weighted by atomic mass is 10.1. The van der Waals surface area contributed by atoms with Crippen molar-refractivity contribution in [1.82, 2.24) is 0 Å². The highest BCUT2D eigenvalue weighted by atomic mass is 16.5. The van der Waals surface area contributed by atoms with Crippen molar-refractivity contribution in [3.63, 3.8) is 0 Å². The summed E-state index contributed by atoms with van der Waals surface area (Å²) < 4.78 is 4.78. The van der Waals surface area contributed by atoms with Crippen LogP contribution < -0.4 is 0 Å². The largest absolute Gasteiger partial charge is 0.508 e.